The van der Waals surface area contributed by atoms with Crippen LogP contribution in [0.3, 0.4) is 0 Å². The van der Waals surface area contributed by atoms with Crippen LogP contribution in [-0.4, -0.2) is 43.3 Å². The lowest BCUT2D eigenvalue weighted by atomic mass is 9.73. The third-order valence-electron chi connectivity index (χ3n) is 5.16. The van der Waals surface area contributed by atoms with Gasteiger partial charge in [0, 0.05) is 6.54 Å². The monoisotopic (exact) mass is 374 g/mol. The van der Waals surface area contributed by atoms with E-state index in [0.717, 1.165) is 17.7 Å². The Morgan fingerprint density at radius 3 is 2.85 bits per heavy atom. The van der Waals surface area contributed by atoms with E-state index < -0.39 is 12.1 Å². The molecule has 3 unspecified atom stereocenters. The Labute approximate surface area is 157 Å². The maximum atomic E-state index is 12.4. The van der Waals surface area contributed by atoms with Crippen LogP contribution in [0.2, 0.25) is 0 Å². The zero-order valence-electron chi connectivity index (χ0n) is 14.9. The van der Waals surface area contributed by atoms with E-state index >= 15 is 0 Å². The fourth-order valence-electron chi connectivity index (χ4n) is 3.86. The summed E-state index contributed by atoms with van der Waals surface area (Å²) in [6.45, 7) is 2.45. The van der Waals surface area contributed by atoms with Gasteiger partial charge < -0.3 is 9.47 Å². The second-order valence-electron chi connectivity index (χ2n) is 6.60. The van der Waals surface area contributed by atoms with E-state index in [-0.39, 0.29) is 18.5 Å². The van der Waals surface area contributed by atoms with E-state index in [1.54, 1.807) is 6.92 Å². The molecule has 0 bridgehead atoms. The first-order valence-corrected chi connectivity index (χ1v) is 9.64. The minimum atomic E-state index is -0.611. The normalized spacial score (nSPS) is 24.9. The summed E-state index contributed by atoms with van der Waals surface area (Å²) in [6, 6.07) is 3.54. The molecule has 26 heavy (non-hydrogen) atoms. The van der Waals surface area contributed by atoms with Crippen LogP contribution in [0.25, 0.3) is 0 Å². The third-order valence-corrected chi connectivity index (χ3v) is 6.02. The van der Waals surface area contributed by atoms with Crippen molar-refractivity contribution in [3.05, 3.63) is 33.5 Å². The maximum absolute atomic E-state index is 12.4. The van der Waals surface area contributed by atoms with E-state index in [0.29, 0.717) is 18.9 Å². The number of fused-ring (bicyclic) bond motifs is 1. The molecule has 0 spiro atoms. The van der Waals surface area contributed by atoms with Gasteiger partial charge in [0.25, 0.3) is 0 Å². The summed E-state index contributed by atoms with van der Waals surface area (Å²) in [6.07, 6.45) is 4.03. The molecule has 1 fully saturated rings. The number of esters is 1. The van der Waals surface area contributed by atoms with Gasteiger partial charge in [-0.2, -0.15) is 5.26 Å². The quantitative estimate of drug-likeness (QED) is 0.598. The molecule has 1 aromatic rings. The van der Waals surface area contributed by atoms with Crippen LogP contribution in [0.5, 0.6) is 0 Å². The van der Waals surface area contributed by atoms with Gasteiger partial charge in [0.1, 0.15) is 17.0 Å². The van der Waals surface area contributed by atoms with Gasteiger partial charge in [-0.25, -0.2) is 9.59 Å². The van der Waals surface area contributed by atoms with Crippen LogP contribution < -0.4 is 0 Å². The molecule has 0 radical (unpaired) electrons. The number of thiophene rings is 1. The number of hydrogen-bond donors (Lipinski definition) is 0. The van der Waals surface area contributed by atoms with E-state index in [2.05, 4.69) is 17.5 Å². The van der Waals surface area contributed by atoms with Crippen LogP contribution in [0.4, 0.5) is 4.79 Å². The standard InChI is InChI=1S/C19H22N2O4S/c1-3-25-18(22)17-8-14-6-12(15-7-16(9-20)26-11-15)4-5-13(14)10-21(17)19(23)24-2/h5,7,11-12,14,17H,3-4,6,8,10H2,1-2H3. The minimum absolute atomic E-state index is 0.231. The van der Waals surface area contributed by atoms with E-state index in [1.807, 2.05) is 6.07 Å². The summed E-state index contributed by atoms with van der Waals surface area (Å²) in [7, 11) is 1.32. The van der Waals surface area contributed by atoms with Crippen molar-refractivity contribution in [2.75, 3.05) is 20.3 Å². The first-order valence-electron chi connectivity index (χ1n) is 8.76. The zero-order valence-corrected chi connectivity index (χ0v) is 15.8. The summed E-state index contributed by atoms with van der Waals surface area (Å²) < 4.78 is 10.0. The van der Waals surface area contributed by atoms with Crippen LogP contribution in [0.15, 0.2) is 23.1 Å². The number of rotatable bonds is 3. The smallest absolute Gasteiger partial charge is 0.410 e. The average Bonchev–Trinajstić information content (AvgIpc) is 3.15. The first kappa shape index (κ1) is 18.5. The average molecular weight is 374 g/mol. The number of nitrogens with zero attached hydrogens (tertiary/aromatic N) is 2. The second-order valence-corrected chi connectivity index (χ2v) is 7.51. The van der Waals surface area contributed by atoms with Crippen LogP contribution in [0.1, 0.15) is 42.5 Å². The van der Waals surface area contributed by atoms with Crippen LogP contribution in [0, 0.1) is 17.2 Å². The van der Waals surface area contributed by atoms with Crippen molar-refractivity contribution >= 4 is 23.4 Å². The Morgan fingerprint density at radius 2 is 2.19 bits per heavy atom. The van der Waals surface area contributed by atoms with Crippen molar-refractivity contribution in [2.45, 2.75) is 38.1 Å². The Hall–Kier alpha value is -2.33. The number of carbonyl (C=O) groups is 2. The summed E-state index contributed by atoms with van der Waals surface area (Å²) in [5, 5.41) is 11.1. The molecule has 3 atom stereocenters. The Kier molecular flexibility index (Phi) is 5.62. The van der Waals surface area contributed by atoms with Crippen molar-refractivity contribution in [2.24, 2.45) is 5.92 Å². The topological polar surface area (TPSA) is 79.6 Å². The van der Waals surface area contributed by atoms with Gasteiger partial charge in [-0.15, -0.1) is 11.3 Å². The van der Waals surface area contributed by atoms with Gasteiger partial charge in [0.2, 0.25) is 0 Å². The number of ether oxygens (including phenoxy) is 2. The van der Waals surface area contributed by atoms with Crippen molar-refractivity contribution in [3.8, 4) is 6.07 Å². The molecule has 0 aromatic carbocycles. The molecule has 7 heteroatoms. The van der Waals surface area contributed by atoms with E-state index in [9.17, 15) is 9.59 Å². The number of hydrogen-bond acceptors (Lipinski definition) is 6. The number of methoxy groups -OCH3 is 1. The van der Waals surface area contributed by atoms with Gasteiger partial charge in [0.15, 0.2) is 0 Å². The molecule has 0 N–H and O–H groups in total. The predicted molar refractivity (Wildman–Crippen MR) is 96.7 cm³/mol. The third kappa shape index (κ3) is 3.61. The second kappa shape index (κ2) is 7.92. The van der Waals surface area contributed by atoms with Gasteiger partial charge in [-0.1, -0.05) is 11.6 Å². The molecule has 2 aliphatic rings. The molecule has 1 amide bonds. The lowest BCUT2D eigenvalue weighted by Gasteiger charge is -2.41. The van der Waals surface area contributed by atoms with E-state index in [1.165, 1.54) is 34.5 Å². The van der Waals surface area contributed by atoms with Gasteiger partial charge in [-0.05, 0) is 55.0 Å². The fraction of sp³-hybridized carbons (Fsp3) is 0.526. The fourth-order valence-corrected chi connectivity index (χ4v) is 4.64. The predicted octanol–water partition coefficient (Wildman–Crippen LogP) is 3.44. The Bertz CT molecular complexity index is 764. The van der Waals surface area contributed by atoms with Gasteiger partial charge in [0.05, 0.1) is 13.7 Å². The van der Waals surface area contributed by atoms with Gasteiger partial charge >= 0.3 is 12.1 Å². The molecule has 1 aliphatic carbocycles. The number of nitriles is 1. The zero-order chi connectivity index (χ0) is 18.7. The molecule has 3 rings (SSSR count). The minimum Gasteiger partial charge on any atom is -0.464 e. The number of allylic oxidation sites excluding steroid dienone is 1. The van der Waals surface area contributed by atoms with Crippen molar-refractivity contribution < 1.29 is 19.1 Å². The highest BCUT2D eigenvalue weighted by molar-refractivity contribution is 7.10. The molecule has 0 saturated carbocycles. The lowest BCUT2D eigenvalue weighted by molar-refractivity contribution is -0.150. The number of carbonyl (C=O) groups excluding carboxylic acids is 2. The maximum Gasteiger partial charge on any atom is 0.410 e. The highest BCUT2D eigenvalue weighted by atomic mass is 32.1. The molecule has 1 aromatic heterocycles. The summed E-state index contributed by atoms with van der Waals surface area (Å²) >= 11 is 1.47. The van der Waals surface area contributed by atoms with Crippen molar-refractivity contribution in [3.63, 3.8) is 0 Å². The largest absolute Gasteiger partial charge is 0.464 e. The number of amides is 1. The molecular formula is C19H22N2O4S. The lowest BCUT2D eigenvalue weighted by Crippen LogP contribution is -2.52. The SMILES string of the molecule is CCOC(=O)C1CC2CC(c3csc(C#N)c3)CC=C2CN1C(=O)OC. The molecule has 6 nitrogen and oxygen atoms in total. The molecule has 1 saturated heterocycles. The highest BCUT2D eigenvalue weighted by Gasteiger charge is 2.41. The highest BCUT2D eigenvalue weighted by Crippen LogP contribution is 2.42. The number of likely N-dealkylation sites (tertiary alicyclic amines) is 1. The van der Waals surface area contributed by atoms with Crippen molar-refractivity contribution in [1.29, 1.82) is 5.26 Å². The summed E-state index contributed by atoms with van der Waals surface area (Å²) in [5.41, 5.74) is 2.37. The van der Waals surface area contributed by atoms with Crippen molar-refractivity contribution in [1.82, 2.24) is 4.90 Å². The number of piperidine rings is 1. The van der Waals surface area contributed by atoms with E-state index in [4.69, 9.17) is 14.7 Å². The molecular weight excluding hydrogens is 352 g/mol. The van der Waals surface area contributed by atoms with Crippen LogP contribution >= 0.6 is 11.3 Å². The molecule has 1 aliphatic heterocycles. The summed E-state index contributed by atoms with van der Waals surface area (Å²) in [4.78, 5) is 26.7. The van der Waals surface area contributed by atoms with Crippen LogP contribution in [-0.2, 0) is 14.3 Å². The molecule has 2 heterocycles. The van der Waals surface area contributed by atoms with Gasteiger partial charge in [-0.3, -0.25) is 4.90 Å². The summed E-state index contributed by atoms with van der Waals surface area (Å²) in [5.74, 6) is 0.200. The Morgan fingerprint density at radius 1 is 1.38 bits per heavy atom. The molecule has 138 valence electrons. The first-order chi connectivity index (χ1) is 12.6. The Balaban J connectivity index is 1.80.